The van der Waals surface area contributed by atoms with Crippen LogP contribution >= 0.6 is 11.6 Å². The molecule has 0 radical (unpaired) electrons. The van der Waals surface area contributed by atoms with Gasteiger partial charge in [-0.2, -0.15) is 10.3 Å². The van der Waals surface area contributed by atoms with Crippen LogP contribution in [0.1, 0.15) is 49.4 Å². The SMILES string of the molecule is CCO/C=N/c1nc2c(c(-c3ccc(Cl)cc3)c1C#N)CCCC2C. The molecule has 5 heteroatoms. The third kappa shape index (κ3) is 3.52. The maximum atomic E-state index is 9.81. The minimum absolute atomic E-state index is 0.351. The van der Waals surface area contributed by atoms with Crippen molar-refractivity contribution in [1.29, 1.82) is 5.26 Å². The van der Waals surface area contributed by atoms with E-state index in [4.69, 9.17) is 21.3 Å². The Morgan fingerprint density at radius 1 is 1.40 bits per heavy atom. The van der Waals surface area contributed by atoms with Gasteiger partial charge in [-0.25, -0.2) is 4.98 Å². The van der Waals surface area contributed by atoms with E-state index in [0.29, 0.717) is 28.9 Å². The van der Waals surface area contributed by atoms with E-state index < -0.39 is 0 Å². The van der Waals surface area contributed by atoms with E-state index in [9.17, 15) is 5.26 Å². The predicted octanol–water partition coefficient (Wildman–Crippen LogP) is 5.41. The molecule has 0 amide bonds. The molecule has 0 saturated heterocycles. The van der Waals surface area contributed by atoms with Crippen molar-refractivity contribution in [1.82, 2.24) is 4.98 Å². The van der Waals surface area contributed by atoms with E-state index in [1.54, 1.807) is 0 Å². The summed E-state index contributed by atoms with van der Waals surface area (Å²) in [5.41, 5.74) is 4.60. The molecule has 2 aromatic rings. The molecule has 1 aliphatic carbocycles. The highest BCUT2D eigenvalue weighted by Crippen LogP contribution is 2.41. The summed E-state index contributed by atoms with van der Waals surface area (Å²) in [4.78, 5) is 9.02. The molecule has 1 aliphatic rings. The Morgan fingerprint density at radius 3 is 2.84 bits per heavy atom. The quantitative estimate of drug-likeness (QED) is 0.545. The number of benzene rings is 1. The van der Waals surface area contributed by atoms with Crippen molar-refractivity contribution in [2.24, 2.45) is 4.99 Å². The van der Waals surface area contributed by atoms with Crippen LogP contribution in [0.3, 0.4) is 0 Å². The second kappa shape index (κ2) is 7.67. The Morgan fingerprint density at radius 2 is 2.16 bits per heavy atom. The number of aromatic nitrogens is 1. The number of rotatable bonds is 4. The van der Waals surface area contributed by atoms with Crippen molar-refractivity contribution in [3.8, 4) is 17.2 Å². The van der Waals surface area contributed by atoms with Crippen molar-refractivity contribution in [2.45, 2.75) is 39.0 Å². The van der Waals surface area contributed by atoms with Crippen molar-refractivity contribution in [3.05, 3.63) is 46.1 Å². The molecular formula is C20H20ClN3O. The second-order valence-electron chi connectivity index (χ2n) is 6.15. The fourth-order valence-corrected chi connectivity index (χ4v) is 3.43. The highest BCUT2D eigenvalue weighted by molar-refractivity contribution is 6.30. The minimum atomic E-state index is 0.351. The zero-order valence-electron chi connectivity index (χ0n) is 14.4. The van der Waals surface area contributed by atoms with Gasteiger partial charge in [0.15, 0.2) is 12.2 Å². The molecule has 0 spiro atoms. The molecule has 1 aromatic carbocycles. The van der Waals surface area contributed by atoms with Crippen molar-refractivity contribution in [3.63, 3.8) is 0 Å². The van der Waals surface area contributed by atoms with E-state index in [1.807, 2.05) is 31.2 Å². The molecule has 1 unspecified atom stereocenters. The summed E-state index contributed by atoms with van der Waals surface area (Å²) in [6.07, 6.45) is 4.49. The van der Waals surface area contributed by atoms with Gasteiger partial charge in [0.1, 0.15) is 11.6 Å². The monoisotopic (exact) mass is 353 g/mol. The Hall–Kier alpha value is -2.38. The highest BCUT2D eigenvalue weighted by Gasteiger charge is 2.26. The van der Waals surface area contributed by atoms with Crippen molar-refractivity contribution < 1.29 is 4.74 Å². The van der Waals surface area contributed by atoms with Crippen LogP contribution in [0, 0.1) is 11.3 Å². The molecule has 3 rings (SSSR count). The van der Waals surface area contributed by atoms with Gasteiger partial charge >= 0.3 is 0 Å². The number of ether oxygens (including phenoxy) is 1. The average Bonchev–Trinajstić information content (AvgIpc) is 2.62. The first-order chi connectivity index (χ1) is 12.2. The summed E-state index contributed by atoms with van der Waals surface area (Å²) in [6.45, 7) is 4.59. The molecule has 0 N–H and O–H groups in total. The lowest BCUT2D eigenvalue weighted by molar-refractivity contribution is 0.344. The van der Waals surface area contributed by atoms with Crippen LogP contribution in [0.2, 0.25) is 5.02 Å². The van der Waals surface area contributed by atoms with Gasteiger partial charge < -0.3 is 4.74 Å². The van der Waals surface area contributed by atoms with Crippen LogP contribution in [-0.2, 0) is 11.2 Å². The fraction of sp³-hybridized carbons (Fsp3) is 0.350. The number of hydrogen-bond acceptors (Lipinski definition) is 4. The molecule has 1 aromatic heterocycles. The number of fused-ring (bicyclic) bond motifs is 1. The van der Waals surface area contributed by atoms with Crippen molar-refractivity contribution in [2.75, 3.05) is 6.61 Å². The first-order valence-electron chi connectivity index (χ1n) is 8.52. The third-order valence-electron chi connectivity index (χ3n) is 4.50. The average molecular weight is 354 g/mol. The normalized spacial score (nSPS) is 16.5. The lowest BCUT2D eigenvalue weighted by Crippen LogP contribution is -2.12. The summed E-state index contributed by atoms with van der Waals surface area (Å²) in [5, 5.41) is 10.5. The van der Waals surface area contributed by atoms with Crippen molar-refractivity contribution >= 4 is 23.8 Å². The minimum Gasteiger partial charge on any atom is -0.483 e. The molecular weight excluding hydrogens is 334 g/mol. The lowest BCUT2D eigenvalue weighted by Gasteiger charge is -2.25. The van der Waals surface area contributed by atoms with E-state index in [1.165, 1.54) is 6.40 Å². The largest absolute Gasteiger partial charge is 0.483 e. The molecule has 0 saturated carbocycles. The number of pyridine rings is 1. The Labute approximate surface area is 153 Å². The molecule has 0 bridgehead atoms. The molecule has 128 valence electrons. The third-order valence-corrected chi connectivity index (χ3v) is 4.75. The second-order valence-corrected chi connectivity index (χ2v) is 6.59. The highest BCUT2D eigenvalue weighted by atomic mass is 35.5. The van der Waals surface area contributed by atoms with E-state index >= 15 is 0 Å². The zero-order valence-corrected chi connectivity index (χ0v) is 15.2. The smallest absolute Gasteiger partial charge is 0.176 e. The van der Waals surface area contributed by atoms with Gasteiger partial charge in [-0.1, -0.05) is 30.7 Å². The Bertz CT molecular complexity index is 838. The zero-order chi connectivity index (χ0) is 17.8. The maximum Gasteiger partial charge on any atom is 0.176 e. The van der Waals surface area contributed by atoms with Crippen LogP contribution in [0.5, 0.6) is 0 Å². The molecule has 1 atom stereocenters. The summed E-state index contributed by atoms with van der Waals surface area (Å²) in [6, 6.07) is 9.90. The maximum absolute atomic E-state index is 9.81. The van der Waals surface area contributed by atoms with E-state index in [2.05, 4.69) is 18.0 Å². The number of nitriles is 1. The molecule has 25 heavy (non-hydrogen) atoms. The number of halogens is 1. The van der Waals surface area contributed by atoms with Gasteiger partial charge in [-0.05, 0) is 55.4 Å². The molecule has 0 aliphatic heterocycles. The summed E-state index contributed by atoms with van der Waals surface area (Å²) >= 11 is 6.04. The van der Waals surface area contributed by atoms with Crippen LogP contribution in [0.25, 0.3) is 11.1 Å². The van der Waals surface area contributed by atoms with Crippen LogP contribution in [-0.4, -0.2) is 18.0 Å². The van der Waals surface area contributed by atoms with Gasteiger partial charge in [0, 0.05) is 16.3 Å². The Kier molecular flexibility index (Phi) is 5.35. The number of nitrogens with zero attached hydrogens (tertiary/aromatic N) is 3. The van der Waals surface area contributed by atoms with Gasteiger partial charge in [-0.3, -0.25) is 0 Å². The van der Waals surface area contributed by atoms with Crippen LogP contribution in [0.4, 0.5) is 5.82 Å². The van der Waals surface area contributed by atoms with E-state index in [0.717, 1.165) is 41.6 Å². The molecule has 1 heterocycles. The molecule has 4 nitrogen and oxygen atoms in total. The van der Waals surface area contributed by atoms with Gasteiger partial charge in [0.25, 0.3) is 0 Å². The van der Waals surface area contributed by atoms with Gasteiger partial charge in [0.05, 0.1) is 6.61 Å². The standard InChI is InChI=1S/C20H20ClN3O/c1-3-25-12-23-20-17(11-22)18(14-7-9-15(21)10-8-14)16-6-4-5-13(2)19(16)24-20/h7-10,12-13H,3-6H2,1-2H3/b23-12+. The summed E-state index contributed by atoms with van der Waals surface area (Å²) in [7, 11) is 0. The fourth-order valence-electron chi connectivity index (χ4n) is 3.31. The first-order valence-corrected chi connectivity index (χ1v) is 8.90. The summed E-state index contributed by atoms with van der Waals surface area (Å²) < 4.78 is 5.21. The Balaban J connectivity index is 2.26. The topological polar surface area (TPSA) is 58.3 Å². The first kappa shape index (κ1) is 17.4. The van der Waals surface area contributed by atoms with Gasteiger partial charge in [0.2, 0.25) is 0 Å². The number of hydrogen-bond donors (Lipinski definition) is 0. The van der Waals surface area contributed by atoms with Crippen LogP contribution < -0.4 is 0 Å². The van der Waals surface area contributed by atoms with Gasteiger partial charge in [-0.15, -0.1) is 0 Å². The summed E-state index contributed by atoms with van der Waals surface area (Å²) in [5.74, 6) is 0.775. The van der Waals surface area contributed by atoms with E-state index in [-0.39, 0.29) is 0 Å². The van der Waals surface area contributed by atoms with Crippen LogP contribution in [0.15, 0.2) is 29.3 Å². The predicted molar refractivity (Wildman–Crippen MR) is 101 cm³/mol. The lowest BCUT2D eigenvalue weighted by atomic mass is 9.82. The molecule has 0 fully saturated rings. The number of aliphatic imine (C=N–C) groups is 1.